The molecular weight excluding hydrogens is 296 g/mol. The number of nitrogens with zero attached hydrogens (tertiary/aromatic N) is 1. The van der Waals surface area contributed by atoms with Gasteiger partial charge in [0.1, 0.15) is 0 Å². The molecule has 1 aliphatic heterocycles. The highest BCUT2D eigenvalue weighted by molar-refractivity contribution is 9.10. The van der Waals surface area contributed by atoms with Crippen LogP contribution in [0.4, 0.5) is 0 Å². The van der Waals surface area contributed by atoms with Crippen LogP contribution in [0.5, 0.6) is 0 Å². The van der Waals surface area contributed by atoms with E-state index in [4.69, 9.17) is 0 Å². The molecule has 5 heteroatoms. The van der Waals surface area contributed by atoms with Crippen molar-refractivity contribution in [2.45, 2.75) is 6.42 Å². The van der Waals surface area contributed by atoms with Crippen LogP contribution in [0.3, 0.4) is 0 Å². The first-order valence-corrected chi connectivity index (χ1v) is 6.72. The maximum absolute atomic E-state index is 12.1. The number of rotatable bonds is 3. The molecule has 1 saturated heterocycles. The van der Waals surface area contributed by atoms with E-state index in [9.17, 15) is 9.59 Å². The molecule has 1 heterocycles. The van der Waals surface area contributed by atoms with Gasteiger partial charge in [0.05, 0.1) is 6.54 Å². The molecule has 1 amide bonds. The summed E-state index contributed by atoms with van der Waals surface area (Å²) in [5, 5.41) is 2.80. The number of carbonyl (C=O) groups excluding carboxylic acids is 2. The van der Waals surface area contributed by atoms with Crippen LogP contribution in [-0.2, 0) is 4.79 Å². The molecule has 0 unspecified atom stereocenters. The van der Waals surface area contributed by atoms with Gasteiger partial charge in [0.15, 0.2) is 5.78 Å². The number of nitrogens with one attached hydrogen (secondary N) is 1. The fourth-order valence-corrected chi connectivity index (χ4v) is 2.17. The molecule has 0 aromatic heterocycles. The zero-order chi connectivity index (χ0) is 13.0. The third kappa shape index (κ3) is 3.65. The van der Waals surface area contributed by atoms with Crippen LogP contribution in [-0.4, -0.2) is 42.8 Å². The predicted molar refractivity (Wildman–Crippen MR) is 72.5 cm³/mol. The molecule has 1 N–H and O–H groups in total. The molecule has 2 rings (SSSR count). The summed E-state index contributed by atoms with van der Waals surface area (Å²) in [6.07, 6.45) is 0.466. The summed E-state index contributed by atoms with van der Waals surface area (Å²) in [6, 6.07) is 7.35. The largest absolute Gasteiger partial charge is 0.355 e. The Hall–Kier alpha value is -1.20. The van der Waals surface area contributed by atoms with E-state index >= 15 is 0 Å². The lowest BCUT2D eigenvalue weighted by molar-refractivity contribution is -0.120. The number of benzene rings is 1. The van der Waals surface area contributed by atoms with Gasteiger partial charge in [-0.2, -0.15) is 0 Å². The van der Waals surface area contributed by atoms with Gasteiger partial charge in [-0.25, -0.2) is 0 Å². The van der Waals surface area contributed by atoms with Crippen molar-refractivity contribution in [3.63, 3.8) is 0 Å². The average Bonchev–Trinajstić information content (AvgIpc) is 2.55. The second-order valence-corrected chi connectivity index (χ2v) is 5.22. The summed E-state index contributed by atoms with van der Waals surface area (Å²) in [6.45, 7) is 2.37. The Balaban J connectivity index is 1.94. The van der Waals surface area contributed by atoms with Gasteiger partial charge < -0.3 is 5.32 Å². The summed E-state index contributed by atoms with van der Waals surface area (Å²) in [4.78, 5) is 25.3. The lowest BCUT2D eigenvalue weighted by atomic mass is 10.1. The topological polar surface area (TPSA) is 49.4 Å². The summed E-state index contributed by atoms with van der Waals surface area (Å²) in [7, 11) is 0. The first-order valence-electron chi connectivity index (χ1n) is 5.93. The Bertz CT molecular complexity index is 445. The van der Waals surface area contributed by atoms with Crippen LogP contribution < -0.4 is 5.32 Å². The van der Waals surface area contributed by atoms with Crippen LogP contribution in [0.2, 0.25) is 0 Å². The van der Waals surface area contributed by atoms with E-state index in [0.29, 0.717) is 31.6 Å². The zero-order valence-electron chi connectivity index (χ0n) is 9.99. The smallest absolute Gasteiger partial charge is 0.221 e. The number of halogens is 1. The van der Waals surface area contributed by atoms with Gasteiger partial charge in [0.2, 0.25) is 5.91 Å². The molecule has 0 aliphatic carbocycles. The van der Waals surface area contributed by atoms with E-state index in [-0.39, 0.29) is 11.7 Å². The van der Waals surface area contributed by atoms with Crippen LogP contribution in [0.15, 0.2) is 28.7 Å². The third-order valence-corrected chi connectivity index (χ3v) is 3.47. The number of hydrogen-bond acceptors (Lipinski definition) is 3. The van der Waals surface area contributed by atoms with Gasteiger partial charge in [-0.05, 0) is 12.1 Å². The van der Waals surface area contributed by atoms with Crippen molar-refractivity contribution in [3.05, 3.63) is 34.3 Å². The maximum atomic E-state index is 12.1. The maximum Gasteiger partial charge on any atom is 0.221 e. The Morgan fingerprint density at radius 3 is 2.72 bits per heavy atom. The van der Waals surface area contributed by atoms with Gasteiger partial charge in [-0.1, -0.05) is 28.1 Å². The quantitative estimate of drug-likeness (QED) is 0.860. The van der Waals surface area contributed by atoms with Crippen molar-refractivity contribution in [2.24, 2.45) is 0 Å². The highest BCUT2D eigenvalue weighted by Gasteiger charge is 2.16. The molecule has 18 heavy (non-hydrogen) atoms. The first kappa shape index (κ1) is 13.2. The minimum absolute atomic E-state index is 0.0635. The molecular formula is C13H15BrN2O2. The molecule has 1 aromatic carbocycles. The average molecular weight is 311 g/mol. The predicted octanol–water partition coefficient (Wildman–Crippen LogP) is 1.45. The monoisotopic (exact) mass is 310 g/mol. The van der Waals surface area contributed by atoms with Crippen molar-refractivity contribution < 1.29 is 9.59 Å². The second-order valence-electron chi connectivity index (χ2n) is 4.31. The minimum Gasteiger partial charge on any atom is -0.355 e. The van der Waals surface area contributed by atoms with Crippen molar-refractivity contribution in [1.29, 1.82) is 0 Å². The molecule has 1 aromatic rings. The van der Waals surface area contributed by atoms with Gasteiger partial charge in [-0.15, -0.1) is 0 Å². The lowest BCUT2D eigenvalue weighted by Crippen LogP contribution is -2.33. The normalized spacial score (nSPS) is 17.1. The van der Waals surface area contributed by atoms with Gasteiger partial charge in [0, 0.05) is 36.1 Å². The number of amides is 1. The molecule has 0 bridgehead atoms. The van der Waals surface area contributed by atoms with Gasteiger partial charge in [0.25, 0.3) is 0 Å². The summed E-state index contributed by atoms with van der Waals surface area (Å²) >= 11 is 3.34. The number of hydrogen-bond donors (Lipinski definition) is 1. The van der Waals surface area contributed by atoms with Crippen molar-refractivity contribution in [2.75, 3.05) is 26.2 Å². The molecule has 96 valence electrons. The van der Waals surface area contributed by atoms with Gasteiger partial charge >= 0.3 is 0 Å². The van der Waals surface area contributed by atoms with E-state index in [0.717, 1.165) is 11.0 Å². The Kier molecular flexibility index (Phi) is 4.49. The van der Waals surface area contributed by atoms with E-state index in [1.807, 2.05) is 29.2 Å². The number of carbonyl (C=O) groups is 2. The standard InChI is InChI=1S/C13H15BrN2O2/c14-11-3-1-10(2-4-11)12(17)9-16-7-5-13(18)15-6-8-16/h1-4H,5-9H2,(H,15,18). The number of Topliss-reactive ketones (excluding diaryl/α,β-unsaturated/α-hetero) is 1. The Morgan fingerprint density at radius 1 is 1.28 bits per heavy atom. The van der Waals surface area contributed by atoms with Crippen LogP contribution >= 0.6 is 15.9 Å². The molecule has 1 fully saturated rings. The van der Waals surface area contributed by atoms with Crippen molar-refractivity contribution >= 4 is 27.6 Å². The van der Waals surface area contributed by atoms with Gasteiger partial charge in [-0.3, -0.25) is 14.5 Å². The van der Waals surface area contributed by atoms with Crippen LogP contribution in [0.25, 0.3) is 0 Å². The minimum atomic E-state index is 0.0635. The van der Waals surface area contributed by atoms with Crippen LogP contribution in [0.1, 0.15) is 16.8 Å². The van der Waals surface area contributed by atoms with Crippen molar-refractivity contribution in [1.82, 2.24) is 10.2 Å². The van der Waals surface area contributed by atoms with E-state index in [2.05, 4.69) is 21.2 Å². The molecule has 0 spiro atoms. The fraction of sp³-hybridized carbons (Fsp3) is 0.385. The Morgan fingerprint density at radius 2 is 2.00 bits per heavy atom. The van der Waals surface area contributed by atoms with E-state index in [1.54, 1.807) is 0 Å². The summed E-state index contributed by atoms with van der Waals surface area (Å²) < 4.78 is 0.962. The lowest BCUT2D eigenvalue weighted by Gasteiger charge is -2.17. The summed E-state index contributed by atoms with van der Waals surface area (Å²) in [5.74, 6) is 0.158. The van der Waals surface area contributed by atoms with Crippen LogP contribution in [0, 0.1) is 0 Å². The molecule has 0 atom stereocenters. The zero-order valence-corrected chi connectivity index (χ0v) is 11.6. The van der Waals surface area contributed by atoms with Crippen molar-refractivity contribution in [3.8, 4) is 0 Å². The highest BCUT2D eigenvalue weighted by atomic mass is 79.9. The second kappa shape index (κ2) is 6.11. The molecule has 1 aliphatic rings. The van der Waals surface area contributed by atoms with E-state index < -0.39 is 0 Å². The number of ketones is 1. The molecule has 0 radical (unpaired) electrons. The fourth-order valence-electron chi connectivity index (χ4n) is 1.90. The Labute approximate surface area is 114 Å². The first-order chi connectivity index (χ1) is 8.65. The van der Waals surface area contributed by atoms with E-state index in [1.165, 1.54) is 0 Å². The molecule has 4 nitrogen and oxygen atoms in total. The molecule has 0 saturated carbocycles. The summed E-state index contributed by atoms with van der Waals surface area (Å²) in [5.41, 5.74) is 0.710. The SMILES string of the molecule is O=C1CCN(CC(=O)c2ccc(Br)cc2)CCN1. The highest BCUT2D eigenvalue weighted by Crippen LogP contribution is 2.11. The third-order valence-electron chi connectivity index (χ3n) is 2.94.